The molecule has 7 heterocycles. The molecule has 16 atom stereocenters. The van der Waals surface area contributed by atoms with E-state index in [0.29, 0.717) is 41.0 Å². The summed E-state index contributed by atoms with van der Waals surface area (Å²) in [7, 11) is 0. The number of ketones is 2. The van der Waals surface area contributed by atoms with Crippen molar-refractivity contribution in [2.45, 2.75) is 125 Å². The highest BCUT2D eigenvalue weighted by Gasteiger charge is 2.58. The Labute approximate surface area is 507 Å². The summed E-state index contributed by atoms with van der Waals surface area (Å²) in [5, 5.41) is 95.9. The molecule has 24 nitrogen and oxygen atoms in total. The monoisotopic (exact) mass is 1210 g/mol. The Kier molecular flexibility index (Phi) is 17.9. The molecule has 88 heavy (non-hydrogen) atoms. The summed E-state index contributed by atoms with van der Waals surface area (Å²) in [6.07, 6.45) is -8.91. The number of carbonyl (C=O) groups is 4. The molecule has 12 rings (SSSR count). The zero-order chi connectivity index (χ0) is 61.5. The van der Waals surface area contributed by atoms with Crippen molar-refractivity contribution < 1.29 is 78.6 Å². The molecule has 3 saturated heterocycles. The molecule has 3 fully saturated rings. The van der Waals surface area contributed by atoms with Crippen molar-refractivity contribution in [3.8, 4) is 23.3 Å². The zero-order valence-electron chi connectivity index (χ0n) is 48.3. The Morgan fingerprint density at radius 1 is 0.932 bits per heavy atom. The zero-order valence-corrected chi connectivity index (χ0v) is 48.3. The number of aliphatic hydroxyl groups excluding tert-OH is 6. The molecule has 0 saturated carbocycles. The third-order valence-electron chi connectivity index (χ3n) is 18.0. The molecule has 466 valence electrons. The van der Waals surface area contributed by atoms with Crippen molar-refractivity contribution in [3.05, 3.63) is 146 Å². The lowest BCUT2D eigenvalue weighted by Gasteiger charge is -2.47. The highest BCUT2D eigenvalue weighted by atomic mass is 16.7. The van der Waals surface area contributed by atoms with Gasteiger partial charge in [0.05, 0.1) is 69.0 Å². The molecule has 1 amide bonds. The molecule has 0 radical (unpaired) electrons. The first kappa shape index (κ1) is 61.1. The van der Waals surface area contributed by atoms with Crippen molar-refractivity contribution in [1.29, 1.82) is 0 Å². The number of aldehydes is 1. The van der Waals surface area contributed by atoms with Gasteiger partial charge in [-0.05, 0) is 96.7 Å². The first-order valence-corrected chi connectivity index (χ1v) is 29.9. The standard InChI is InChI=1S/C64H74N8O16/c1-32(75)25-68-71-50-23-36(14-17-66-50)45-29-86-58-59(81)64(83)16-13-37(20-33-5-4-6-34(19-33)22-48(45)78)47(77)12-10-38-27-84-30-49(64)87-62(58)88-56-44(51(38)41-7-2-3-8-46(41)72-31-67-53-60(72)69-63(65)70-61(53)82)24-43-52(57(56)85-28-39(76)15-18-73)55(80)42-21-35(26-74)9-11-40(42)54(43)79/h2-9,11,14,18-19,21,23-24,32,37-39,45,47-49,51,53,58-60,62-63,66-69,71,74-78,81,83H,10,12,15,17,20,22,25-31,65H2,1H3,(H,70,82). The summed E-state index contributed by atoms with van der Waals surface area (Å²) in [4.78, 5) is 58.3. The van der Waals surface area contributed by atoms with Gasteiger partial charge in [-0.2, -0.15) is 0 Å². The minimum absolute atomic E-state index is 0.0260. The molecule has 15 N–H and O–H groups in total. The maximum Gasteiger partial charge on any atom is 0.242 e. The minimum atomic E-state index is -2.53. The van der Waals surface area contributed by atoms with Gasteiger partial charge >= 0.3 is 0 Å². The predicted molar refractivity (Wildman–Crippen MR) is 315 cm³/mol. The Morgan fingerprint density at radius 2 is 1.75 bits per heavy atom. The summed E-state index contributed by atoms with van der Waals surface area (Å²) < 4.78 is 34.5. The molecule has 1 aliphatic carbocycles. The van der Waals surface area contributed by atoms with Gasteiger partial charge in [-0.1, -0.05) is 66.4 Å². The number of rotatable bonds is 13. The van der Waals surface area contributed by atoms with Crippen LogP contribution in [0.25, 0.3) is 0 Å². The van der Waals surface area contributed by atoms with Gasteiger partial charge in [0.1, 0.15) is 55.5 Å². The number of benzene rings is 4. The molecule has 16 unspecified atom stereocenters. The van der Waals surface area contributed by atoms with Gasteiger partial charge in [0.25, 0.3) is 0 Å². The number of nitrogens with two attached hydrogens (primary N) is 1. The van der Waals surface area contributed by atoms with Crippen molar-refractivity contribution >= 4 is 29.4 Å². The van der Waals surface area contributed by atoms with E-state index in [-0.39, 0.29) is 97.3 Å². The first-order chi connectivity index (χ1) is 42.5. The number of nitrogens with one attached hydrogen (secondary N) is 6. The number of dihydropyridines is 1. The van der Waals surface area contributed by atoms with Crippen molar-refractivity contribution in [2.75, 3.05) is 51.1 Å². The Morgan fingerprint density at radius 3 is 2.56 bits per heavy atom. The van der Waals surface area contributed by atoms with Crippen LogP contribution in [-0.2, 0) is 43.2 Å². The lowest BCUT2D eigenvalue weighted by Crippen LogP contribution is -2.70. The van der Waals surface area contributed by atoms with Gasteiger partial charge in [0, 0.05) is 59.3 Å². The van der Waals surface area contributed by atoms with E-state index in [1.165, 1.54) is 18.2 Å². The van der Waals surface area contributed by atoms with Crippen LogP contribution < -0.4 is 52.2 Å². The van der Waals surface area contributed by atoms with E-state index in [9.17, 15) is 45.3 Å². The number of para-hydroxylation sites is 1. The largest absolute Gasteiger partial charge is 0.486 e. The Balaban J connectivity index is 1.10. The number of hydrogen-bond donors (Lipinski definition) is 14. The maximum absolute atomic E-state index is 15.5. The van der Waals surface area contributed by atoms with E-state index in [4.69, 9.17) is 29.4 Å². The third-order valence-corrected chi connectivity index (χ3v) is 18.0. The van der Waals surface area contributed by atoms with E-state index in [1.54, 1.807) is 19.1 Å². The van der Waals surface area contributed by atoms with E-state index in [0.717, 1.165) is 11.1 Å². The van der Waals surface area contributed by atoms with Crippen LogP contribution in [0.3, 0.4) is 0 Å². The van der Waals surface area contributed by atoms with Gasteiger partial charge in [-0.3, -0.25) is 30.8 Å². The smallest absolute Gasteiger partial charge is 0.242 e. The summed E-state index contributed by atoms with van der Waals surface area (Å²) in [5.41, 5.74) is 13.3. The molecule has 8 bridgehead atoms. The van der Waals surface area contributed by atoms with E-state index in [1.807, 2.05) is 59.5 Å². The number of anilines is 1. The lowest BCUT2D eigenvalue weighted by molar-refractivity contribution is -0.310. The third kappa shape index (κ3) is 12.0. The number of carbonyl (C=O) groups excluding carboxylic acids is 4. The van der Waals surface area contributed by atoms with Crippen molar-refractivity contribution in [3.63, 3.8) is 0 Å². The van der Waals surface area contributed by atoms with Crippen LogP contribution in [-0.4, -0.2) is 179 Å². The molecule has 4 aromatic carbocycles. The number of nitrogens with zero attached hydrogens (tertiary/aromatic N) is 1. The first-order valence-electron chi connectivity index (χ1n) is 29.9. The number of allylic oxidation sites excluding steroid dienone is 1. The van der Waals surface area contributed by atoms with Crippen LogP contribution in [0.1, 0.15) is 91.8 Å². The highest BCUT2D eigenvalue weighted by molar-refractivity contribution is 6.29. The van der Waals surface area contributed by atoms with Crippen LogP contribution in [0.2, 0.25) is 0 Å². The number of hydrogen-bond acceptors (Lipinski definition) is 23. The molecule has 0 spiro atoms. The van der Waals surface area contributed by atoms with Gasteiger partial charge in [0.2, 0.25) is 12.2 Å². The minimum Gasteiger partial charge on any atom is -0.486 e. The molecule has 7 aliphatic heterocycles. The highest BCUT2D eigenvalue weighted by Crippen LogP contribution is 2.52. The van der Waals surface area contributed by atoms with Gasteiger partial charge < -0.3 is 85.2 Å². The Hall–Kier alpha value is -7.16. The summed E-state index contributed by atoms with van der Waals surface area (Å²) in [6.45, 7) is 0.317. The second kappa shape index (κ2) is 25.7. The molecule has 24 heteroatoms. The summed E-state index contributed by atoms with van der Waals surface area (Å²) >= 11 is 0. The molecular formula is C64H74N8O16. The van der Waals surface area contributed by atoms with Crippen LogP contribution in [0.5, 0.6) is 11.5 Å². The molecule has 0 aromatic heterocycles. The number of hydrazine groups is 1. The SMILES string of the molecule is CC(O)CNNC1=CC(C2COC3C4Oc5c(cc6c(c5OCC(O)CC=O)C(=O)c5cc(CO)ccc5C6=O)C(c5ccccc5N5CNC6C(=O)NC(N)NC65)C5CCC(O)C(C#CC(O)(C(COC5)O4)C3O)Cc3cccc(c3)CC2O)=CCN1. The van der Waals surface area contributed by atoms with E-state index < -0.39 is 135 Å². The fourth-order valence-electron chi connectivity index (χ4n) is 13.4. The number of aliphatic hydroxyl groups is 7. The van der Waals surface area contributed by atoms with Crippen LogP contribution >= 0.6 is 0 Å². The van der Waals surface area contributed by atoms with E-state index in [2.05, 4.69) is 44.0 Å². The normalized spacial score (nSPS) is 31.6. The van der Waals surface area contributed by atoms with Crippen molar-refractivity contribution in [1.82, 2.24) is 32.1 Å². The van der Waals surface area contributed by atoms with Crippen molar-refractivity contribution in [2.24, 2.45) is 23.5 Å². The fourth-order valence-corrected chi connectivity index (χ4v) is 13.4. The average molecular weight is 1210 g/mol. The second-order valence-electron chi connectivity index (χ2n) is 24.0. The molecule has 4 aromatic rings. The molecular weight excluding hydrogens is 1140 g/mol. The predicted octanol–water partition coefficient (Wildman–Crippen LogP) is -0.938. The van der Waals surface area contributed by atoms with Gasteiger partial charge in [-0.15, -0.1) is 0 Å². The van der Waals surface area contributed by atoms with Crippen LogP contribution in [0, 0.1) is 29.6 Å². The number of fused-ring (bicyclic) bond motifs is 13. The van der Waals surface area contributed by atoms with Gasteiger partial charge in [0.15, 0.2) is 28.7 Å². The van der Waals surface area contributed by atoms with Crippen LogP contribution in [0.15, 0.2) is 96.3 Å². The maximum atomic E-state index is 15.5. The lowest BCUT2D eigenvalue weighted by atomic mass is 9.74. The Bertz CT molecular complexity index is 3460. The van der Waals surface area contributed by atoms with Crippen LogP contribution in [0.4, 0.5) is 5.69 Å². The second-order valence-corrected chi connectivity index (χ2v) is 24.0. The van der Waals surface area contributed by atoms with E-state index >= 15 is 9.59 Å². The summed E-state index contributed by atoms with van der Waals surface area (Å²) in [6, 6.07) is 20.2. The average Bonchev–Trinajstić information content (AvgIpc) is 0.931. The quantitative estimate of drug-likeness (QED) is 0.0384. The topological polar surface area (TPSA) is 357 Å². The molecule has 8 aliphatic rings. The summed E-state index contributed by atoms with van der Waals surface area (Å²) in [5.74, 6) is 0.943. The fraction of sp³-hybridized carbons (Fsp3) is 0.469. The number of amides is 1. The van der Waals surface area contributed by atoms with Gasteiger partial charge in [-0.25, -0.2) is 5.43 Å². The number of ether oxygens (including phenoxy) is 5.